The average molecular weight is 247 g/mol. The van der Waals surface area contributed by atoms with E-state index in [-0.39, 0.29) is 0 Å². The van der Waals surface area contributed by atoms with Crippen LogP contribution in [0.5, 0.6) is 0 Å². The van der Waals surface area contributed by atoms with Gasteiger partial charge in [-0.15, -0.1) is 0 Å². The quantitative estimate of drug-likeness (QED) is 0.836. The Bertz CT molecular complexity index is 344. The third-order valence-electron chi connectivity index (χ3n) is 3.88. The van der Waals surface area contributed by atoms with E-state index in [2.05, 4.69) is 41.3 Å². The molecule has 1 saturated heterocycles. The highest BCUT2D eigenvalue weighted by Gasteiger charge is 2.33. The van der Waals surface area contributed by atoms with Gasteiger partial charge in [0.05, 0.1) is 5.69 Å². The van der Waals surface area contributed by atoms with Gasteiger partial charge in [-0.2, -0.15) is 0 Å². The van der Waals surface area contributed by atoms with Crippen molar-refractivity contribution in [2.75, 3.05) is 26.7 Å². The summed E-state index contributed by atoms with van der Waals surface area (Å²) in [6, 6.07) is 6.15. The van der Waals surface area contributed by atoms with Gasteiger partial charge in [0.1, 0.15) is 0 Å². The molecule has 1 aliphatic heterocycles. The Balaban J connectivity index is 1.91. The molecule has 100 valence electrons. The van der Waals surface area contributed by atoms with Crippen molar-refractivity contribution in [2.45, 2.75) is 32.7 Å². The molecule has 0 aliphatic carbocycles. The van der Waals surface area contributed by atoms with Gasteiger partial charge in [-0.1, -0.05) is 19.4 Å². The third-order valence-corrected chi connectivity index (χ3v) is 3.88. The van der Waals surface area contributed by atoms with Crippen LogP contribution in [0.4, 0.5) is 0 Å². The zero-order valence-corrected chi connectivity index (χ0v) is 11.7. The van der Waals surface area contributed by atoms with Gasteiger partial charge in [-0.3, -0.25) is 9.88 Å². The summed E-state index contributed by atoms with van der Waals surface area (Å²) in [7, 11) is 2.21. The maximum absolute atomic E-state index is 4.40. The first-order valence-corrected chi connectivity index (χ1v) is 7.03. The first-order chi connectivity index (χ1) is 8.74. The molecular formula is C15H25N3. The minimum Gasteiger partial charge on any atom is -0.316 e. The van der Waals surface area contributed by atoms with Crippen LogP contribution in [0.3, 0.4) is 0 Å². The molecule has 2 rings (SSSR count). The summed E-state index contributed by atoms with van der Waals surface area (Å²) < 4.78 is 0. The first kappa shape index (κ1) is 13.5. The van der Waals surface area contributed by atoms with Crippen molar-refractivity contribution in [1.82, 2.24) is 15.2 Å². The van der Waals surface area contributed by atoms with Crippen LogP contribution in [-0.4, -0.2) is 36.6 Å². The zero-order chi connectivity index (χ0) is 12.8. The molecule has 1 aromatic heterocycles. The Labute approximate surface area is 111 Å². The Morgan fingerprint density at radius 1 is 1.44 bits per heavy atom. The molecule has 2 heterocycles. The van der Waals surface area contributed by atoms with Crippen molar-refractivity contribution >= 4 is 0 Å². The van der Waals surface area contributed by atoms with Gasteiger partial charge >= 0.3 is 0 Å². The van der Waals surface area contributed by atoms with E-state index < -0.39 is 0 Å². The number of pyridine rings is 1. The van der Waals surface area contributed by atoms with E-state index in [4.69, 9.17) is 0 Å². The van der Waals surface area contributed by atoms with Gasteiger partial charge in [0, 0.05) is 25.8 Å². The SMILES string of the molecule is CCCC1(CN(C)Cc2ccccn2)CCNC1. The monoisotopic (exact) mass is 247 g/mol. The minimum absolute atomic E-state index is 0.484. The highest BCUT2D eigenvalue weighted by atomic mass is 15.1. The number of nitrogens with one attached hydrogen (secondary N) is 1. The van der Waals surface area contributed by atoms with Crippen molar-refractivity contribution in [3.63, 3.8) is 0 Å². The standard InChI is InChI=1S/C15H25N3/c1-3-7-15(8-10-16-12-15)13-18(2)11-14-6-4-5-9-17-14/h4-6,9,16H,3,7-8,10-13H2,1-2H3. The molecule has 1 aliphatic rings. The van der Waals surface area contributed by atoms with Gasteiger partial charge in [0.2, 0.25) is 0 Å². The smallest absolute Gasteiger partial charge is 0.0543 e. The maximum Gasteiger partial charge on any atom is 0.0543 e. The van der Waals surface area contributed by atoms with E-state index in [1.807, 2.05) is 12.3 Å². The number of rotatable bonds is 6. The third kappa shape index (κ3) is 3.53. The number of aromatic nitrogens is 1. The fraction of sp³-hybridized carbons (Fsp3) is 0.667. The molecule has 3 heteroatoms. The molecule has 0 amide bonds. The molecule has 1 aromatic rings. The molecule has 1 fully saturated rings. The molecule has 0 aromatic carbocycles. The summed E-state index contributed by atoms with van der Waals surface area (Å²) in [6.45, 7) is 6.76. The fourth-order valence-electron chi connectivity index (χ4n) is 3.15. The molecule has 1 unspecified atom stereocenters. The Kier molecular flexibility index (Phi) is 4.72. The lowest BCUT2D eigenvalue weighted by Gasteiger charge is -2.32. The van der Waals surface area contributed by atoms with Crippen LogP contribution in [0, 0.1) is 5.41 Å². The topological polar surface area (TPSA) is 28.2 Å². The Hall–Kier alpha value is -0.930. The molecule has 0 saturated carbocycles. The van der Waals surface area contributed by atoms with Gasteiger partial charge in [0.15, 0.2) is 0 Å². The first-order valence-electron chi connectivity index (χ1n) is 7.03. The second kappa shape index (κ2) is 6.30. The molecule has 0 spiro atoms. The molecule has 0 bridgehead atoms. The van der Waals surface area contributed by atoms with E-state index in [0.29, 0.717) is 5.41 Å². The van der Waals surface area contributed by atoms with Gasteiger partial charge < -0.3 is 5.32 Å². The molecule has 1 atom stereocenters. The van der Waals surface area contributed by atoms with Crippen molar-refractivity contribution in [2.24, 2.45) is 5.41 Å². The zero-order valence-electron chi connectivity index (χ0n) is 11.7. The lowest BCUT2D eigenvalue weighted by atomic mass is 9.82. The van der Waals surface area contributed by atoms with Gasteiger partial charge in [-0.25, -0.2) is 0 Å². The van der Waals surface area contributed by atoms with Crippen LogP contribution in [0.2, 0.25) is 0 Å². The van der Waals surface area contributed by atoms with Gasteiger partial charge in [0.25, 0.3) is 0 Å². The second-order valence-electron chi connectivity index (χ2n) is 5.67. The van der Waals surface area contributed by atoms with E-state index in [1.54, 1.807) is 0 Å². The maximum atomic E-state index is 4.40. The predicted molar refractivity (Wildman–Crippen MR) is 75.4 cm³/mol. The van der Waals surface area contributed by atoms with Crippen molar-refractivity contribution in [3.05, 3.63) is 30.1 Å². The highest BCUT2D eigenvalue weighted by Crippen LogP contribution is 2.32. The van der Waals surface area contributed by atoms with Crippen LogP contribution < -0.4 is 5.32 Å². The van der Waals surface area contributed by atoms with E-state index in [1.165, 1.54) is 38.9 Å². The van der Waals surface area contributed by atoms with Crippen molar-refractivity contribution in [3.8, 4) is 0 Å². The predicted octanol–water partition coefficient (Wildman–Crippen LogP) is 2.29. The summed E-state index contributed by atoms with van der Waals surface area (Å²) >= 11 is 0. The van der Waals surface area contributed by atoms with Crippen LogP contribution in [0.15, 0.2) is 24.4 Å². The second-order valence-corrected chi connectivity index (χ2v) is 5.67. The number of hydrogen-bond acceptors (Lipinski definition) is 3. The molecule has 3 nitrogen and oxygen atoms in total. The summed E-state index contributed by atoms with van der Waals surface area (Å²) in [6.07, 6.45) is 5.79. The largest absolute Gasteiger partial charge is 0.316 e. The van der Waals surface area contributed by atoms with E-state index >= 15 is 0 Å². The molecule has 18 heavy (non-hydrogen) atoms. The van der Waals surface area contributed by atoms with Crippen molar-refractivity contribution < 1.29 is 0 Å². The van der Waals surface area contributed by atoms with E-state index in [9.17, 15) is 0 Å². The summed E-state index contributed by atoms with van der Waals surface area (Å²) in [4.78, 5) is 6.83. The summed E-state index contributed by atoms with van der Waals surface area (Å²) in [5.41, 5.74) is 1.65. The number of nitrogens with zero attached hydrogens (tertiary/aromatic N) is 2. The van der Waals surface area contributed by atoms with Gasteiger partial charge in [-0.05, 0) is 44.0 Å². The lowest BCUT2D eigenvalue weighted by Crippen LogP contribution is -2.37. The van der Waals surface area contributed by atoms with Crippen LogP contribution >= 0.6 is 0 Å². The summed E-state index contributed by atoms with van der Waals surface area (Å²) in [5, 5.41) is 3.52. The van der Waals surface area contributed by atoms with Crippen molar-refractivity contribution in [1.29, 1.82) is 0 Å². The van der Waals surface area contributed by atoms with Crippen LogP contribution in [-0.2, 0) is 6.54 Å². The highest BCUT2D eigenvalue weighted by molar-refractivity contribution is 5.03. The molecule has 1 N–H and O–H groups in total. The molecule has 0 radical (unpaired) electrons. The molecular weight excluding hydrogens is 222 g/mol. The Morgan fingerprint density at radius 3 is 2.94 bits per heavy atom. The minimum atomic E-state index is 0.484. The fourth-order valence-corrected chi connectivity index (χ4v) is 3.15. The van der Waals surface area contributed by atoms with Crippen LogP contribution in [0.1, 0.15) is 31.9 Å². The van der Waals surface area contributed by atoms with E-state index in [0.717, 1.165) is 12.2 Å². The lowest BCUT2D eigenvalue weighted by molar-refractivity contribution is 0.171. The normalized spacial score (nSPS) is 23.7. The number of hydrogen-bond donors (Lipinski definition) is 1. The summed E-state index contributed by atoms with van der Waals surface area (Å²) in [5.74, 6) is 0. The van der Waals surface area contributed by atoms with Crippen LogP contribution in [0.25, 0.3) is 0 Å². The average Bonchev–Trinajstić information content (AvgIpc) is 2.79. The Morgan fingerprint density at radius 2 is 2.33 bits per heavy atom.